The molecule has 1 unspecified atom stereocenters. The summed E-state index contributed by atoms with van der Waals surface area (Å²) in [5.41, 5.74) is 1.96. The molecule has 0 fully saturated rings. The van der Waals surface area contributed by atoms with Gasteiger partial charge in [0.05, 0.1) is 11.5 Å². The summed E-state index contributed by atoms with van der Waals surface area (Å²) in [5, 5.41) is 0.421. The monoisotopic (exact) mass is 372 g/mol. The van der Waals surface area contributed by atoms with Crippen LogP contribution in [0.5, 0.6) is 5.75 Å². The number of halogens is 3. The normalized spacial score (nSPS) is 12.5. The van der Waals surface area contributed by atoms with E-state index >= 15 is 0 Å². The predicted molar refractivity (Wildman–Crippen MR) is 89.1 cm³/mol. The van der Waals surface area contributed by atoms with Crippen LogP contribution in [0.4, 0.5) is 0 Å². The summed E-state index contributed by atoms with van der Waals surface area (Å²) in [4.78, 5) is 0. The molecule has 0 aliphatic rings. The van der Waals surface area contributed by atoms with Crippen molar-refractivity contribution in [1.82, 2.24) is 0 Å². The van der Waals surface area contributed by atoms with Crippen LogP contribution >= 0.6 is 39.1 Å². The fourth-order valence-electron chi connectivity index (χ4n) is 1.88. The molecule has 20 heavy (non-hydrogen) atoms. The van der Waals surface area contributed by atoms with Crippen LogP contribution in [0.25, 0.3) is 0 Å². The molecule has 0 aromatic heterocycles. The Morgan fingerprint density at radius 2 is 1.70 bits per heavy atom. The molecule has 4 heteroatoms. The van der Waals surface area contributed by atoms with Gasteiger partial charge in [-0.2, -0.15) is 0 Å². The zero-order chi connectivity index (χ0) is 14.7. The van der Waals surface area contributed by atoms with Crippen molar-refractivity contribution in [3.8, 4) is 5.75 Å². The Morgan fingerprint density at radius 1 is 1.05 bits per heavy atom. The van der Waals surface area contributed by atoms with E-state index in [0.29, 0.717) is 5.02 Å². The minimum Gasteiger partial charge on any atom is -0.491 e. The van der Waals surface area contributed by atoms with Crippen molar-refractivity contribution >= 4 is 39.1 Å². The lowest BCUT2D eigenvalue weighted by atomic mass is 10.0. The second kappa shape index (κ2) is 6.84. The first-order valence-electron chi connectivity index (χ1n) is 6.33. The van der Waals surface area contributed by atoms with Crippen LogP contribution in [0.15, 0.2) is 46.9 Å². The fourth-order valence-corrected chi connectivity index (χ4v) is 2.99. The highest BCUT2D eigenvalue weighted by atomic mass is 79.9. The van der Waals surface area contributed by atoms with Gasteiger partial charge in [-0.15, -0.1) is 11.6 Å². The van der Waals surface area contributed by atoms with E-state index in [1.807, 2.05) is 56.3 Å². The topological polar surface area (TPSA) is 9.23 Å². The molecule has 1 atom stereocenters. The second-order valence-electron chi connectivity index (χ2n) is 4.76. The molecule has 0 radical (unpaired) electrons. The van der Waals surface area contributed by atoms with Gasteiger partial charge in [0.15, 0.2) is 0 Å². The molecule has 0 bridgehead atoms. The Hall–Kier alpha value is -0.700. The molecule has 1 nitrogen and oxygen atoms in total. The lowest BCUT2D eigenvalue weighted by molar-refractivity contribution is 0.242. The van der Waals surface area contributed by atoms with Crippen molar-refractivity contribution in [1.29, 1.82) is 0 Å². The third kappa shape index (κ3) is 3.91. The molecule has 0 N–H and O–H groups in total. The Kier molecular flexibility index (Phi) is 5.36. The van der Waals surface area contributed by atoms with E-state index in [-0.39, 0.29) is 11.5 Å². The molecule has 0 aliphatic heterocycles. The Balaban J connectivity index is 2.24. The number of hydrogen-bond donors (Lipinski definition) is 0. The summed E-state index contributed by atoms with van der Waals surface area (Å²) in [7, 11) is 0. The number of benzene rings is 2. The molecular formula is C16H15BrCl2O. The fraction of sp³-hybridized carbons (Fsp3) is 0.250. The molecule has 106 valence electrons. The highest BCUT2D eigenvalue weighted by Crippen LogP contribution is 2.35. The van der Waals surface area contributed by atoms with Gasteiger partial charge < -0.3 is 4.74 Å². The van der Waals surface area contributed by atoms with Crippen LogP contribution in [-0.2, 0) is 0 Å². The SMILES string of the molecule is CC(C)Oc1ccc(C(Cl)c2cc(Cl)ccc2Br)cc1. The van der Waals surface area contributed by atoms with Crippen LogP contribution in [0.1, 0.15) is 30.4 Å². The van der Waals surface area contributed by atoms with E-state index in [2.05, 4.69) is 15.9 Å². The molecule has 0 amide bonds. The van der Waals surface area contributed by atoms with Gasteiger partial charge >= 0.3 is 0 Å². The first-order valence-corrected chi connectivity index (χ1v) is 7.93. The Bertz CT molecular complexity index is 582. The number of hydrogen-bond acceptors (Lipinski definition) is 1. The van der Waals surface area contributed by atoms with E-state index < -0.39 is 0 Å². The molecule has 2 aromatic rings. The van der Waals surface area contributed by atoms with Crippen LogP contribution in [-0.4, -0.2) is 6.10 Å². The summed E-state index contributed by atoms with van der Waals surface area (Å²) in [6.45, 7) is 4.00. The molecule has 0 saturated carbocycles. The van der Waals surface area contributed by atoms with E-state index in [1.54, 1.807) is 0 Å². The van der Waals surface area contributed by atoms with Crippen molar-refractivity contribution in [2.75, 3.05) is 0 Å². The highest BCUT2D eigenvalue weighted by molar-refractivity contribution is 9.10. The van der Waals surface area contributed by atoms with E-state index in [9.17, 15) is 0 Å². The van der Waals surface area contributed by atoms with Crippen molar-refractivity contribution in [2.45, 2.75) is 25.3 Å². The van der Waals surface area contributed by atoms with Crippen molar-refractivity contribution in [2.24, 2.45) is 0 Å². The Labute approximate surface area is 138 Å². The maximum atomic E-state index is 6.54. The number of rotatable bonds is 4. The summed E-state index contributed by atoms with van der Waals surface area (Å²) in [6.07, 6.45) is 0.162. The van der Waals surface area contributed by atoms with Crippen molar-refractivity contribution < 1.29 is 4.74 Å². The largest absolute Gasteiger partial charge is 0.491 e. The van der Waals surface area contributed by atoms with Gasteiger partial charge in [-0.25, -0.2) is 0 Å². The maximum Gasteiger partial charge on any atom is 0.119 e. The molecular weight excluding hydrogens is 359 g/mol. The summed E-state index contributed by atoms with van der Waals surface area (Å²) < 4.78 is 6.57. The first-order chi connectivity index (χ1) is 9.47. The van der Waals surface area contributed by atoms with Crippen molar-refractivity contribution in [3.05, 3.63) is 63.1 Å². The average Bonchev–Trinajstić information content (AvgIpc) is 2.41. The lowest BCUT2D eigenvalue weighted by Gasteiger charge is -2.14. The lowest BCUT2D eigenvalue weighted by Crippen LogP contribution is -2.05. The molecule has 0 heterocycles. The zero-order valence-corrected chi connectivity index (χ0v) is 14.3. The van der Waals surface area contributed by atoms with Crippen LogP contribution in [0.2, 0.25) is 5.02 Å². The van der Waals surface area contributed by atoms with E-state index in [0.717, 1.165) is 21.3 Å². The summed E-state index contributed by atoms with van der Waals surface area (Å²) in [6, 6.07) is 13.4. The van der Waals surface area contributed by atoms with E-state index in [4.69, 9.17) is 27.9 Å². The van der Waals surface area contributed by atoms with Gasteiger partial charge in [-0.05, 0) is 55.3 Å². The average molecular weight is 374 g/mol. The first kappa shape index (κ1) is 15.7. The minimum absolute atomic E-state index is 0.162. The van der Waals surface area contributed by atoms with Crippen LogP contribution in [0.3, 0.4) is 0 Å². The molecule has 2 rings (SSSR count). The van der Waals surface area contributed by atoms with Crippen LogP contribution in [0, 0.1) is 0 Å². The highest BCUT2D eigenvalue weighted by Gasteiger charge is 2.14. The third-order valence-corrected chi connectivity index (χ3v) is 4.22. The quantitative estimate of drug-likeness (QED) is 0.578. The van der Waals surface area contributed by atoms with Gasteiger partial charge in [0.25, 0.3) is 0 Å². The van der Waals surface area contributed by atoms with E-state index in [1.165, 1.54) is 0 Å². The molecule has 0 saturated heterocycles. The number of ether oxygens (including phenoxy) is 1. The van der Waals surface area contributed by atoms with Crippen molar-refractivity contribution in [3.63, 3.8) is 0 Å². The van der Waals surface area contributed by atoms with Gasteiger partial charge in [-0.3, -0.25) is 0 Å². The molecule has 2 aromatic carbocycles. The number of alkyl halides is 1. The van der Waals surface area contributed by atoms with Gasteiger partial charge in [0.1, 0.15) is 5.75 Å². The summed E-state index contributed by atoms with van der Waals surface area (Å²) in [5.74, 6) is 0.845. The minimum atomic E-state index is -0.254. The summed E-state index contributed by atoms with van der Waals surface area (Å²) >= 11 is 16.1. The maximum absolute atomic E-state index is 6.54. The van der Waals surface area contributed by atoms with Gasteiger partial charge in [-0.1, -0.05) is 39.7 Å². The van der Waals surface area contributed by atoms with Gasteiger partial charge in [0.2, 0.25) is 0 Å². The molecule has 0 spiro atoms. The predicted octanol–water partition coefficient (Wildman–Crippen LogP) is 6.22. The zero-order valence-electron chi connectivity index (χ0n) is 11.2. The third-order valence-electron chi connectivity index (χ3n) is 2.78. The molecule has 0 aliphatic carbocycles. The second-order valence-corrected chi connectivity index (χ2v) is 6.49. The van der Waals surface area contributed by atoms with Gasteiger partial charge in [0, 0.05) is 9.50 Å². The Morgan fingerprint density at radius 3 is 2.30 bits per heavy atom. The smallest absolute Gasteiger partial charge is 0.119 e. The van der Waals surface area contributed by atoms with Crippen LogP contribution < -0.4 is 4.74 Å². The standard InChI is InChI=1S/C16H15BrCl2O/c1-10(2)20-13-6-3-11(4-7-13)16(19)14-9-12(18)5-8-15(14)17/h3-10,16H,1-2H3.